The number of carbonyl (C=O) groups is 4. The average molecular weight is 337 g/mol. The molecular formula is C15H16FN3O5. The molecule has 9 heteroatoms. The second kappa shape index (κ2) is 6.26. The Morgan fingerprint density at radius 2 is 1.88 bits per heavy atom. The summed E-state index contributed by atoms with van der Waals surface area (Å²) in [5.74, 6) is -3.05. The van der Waals surface area contributed by atoms with Gasteiger partial charge in [0.05, 0.1) is 0 Å². The number of amides is 4. The van der Waals surface area contributed by atoms with Crippen molar-refractivity contribution in [2.75, 3.05) is 20.1 Å². The molecule has 0 spiro atoms. The lowest BCUT2D eigenvalue weighted by atomic mass is 9.92. The predicted octanol–water partition coefficient (Wildman–Crippen LogP) is 0.136. The van der Waals surface area contributed by atoms with E-state index in [4.69, 9.17) is 5.11 Å². The van der Waals surface area contributed by atoms with Crippen LogP contribution in [-0.2, 0) is 19.9 Å². The van der Waals surface area contributed by atoms with Crippen molar-refractivity contribution in [3.05, 3.63) is 35.6 Å². The zero-order chi connectivity index (χ0) is 18.1. The number of carboxylic acid groups (broad SMARTS) is 1. The van der Waals surface area contributed by atoms with Crippen LogP contribution < -0.4 is 5.32 Å². The van der Waals surface area contributed by atoms with E-state index in [1.54, 1.807) is 0 Å². The van der Waals surface area contributed by atoms with Crippen LogP contribution in [0, 0.1) is 5.82 Å². The van der Waals surface area contributed by atoms with Gasteiger partial charge in [-0.05, 0) is 24.6 Å². The van der Waals surface area contributed by atoms with Crippen LogP contribution in [-0.4, -0.2) is 58.9 Å². The summed E-state index contributed by atoms with van der Waals surface area (Å²) in [5.41, 5.74) is -1.05. The van der Waals surface area contributed by atoms with Crippen LogP contribution in [0.25, 0.3) is 0 Å². The molecule has 0 radical (unpaired) electrons. The molecular weight excluding hydrogens is 321 g/mol. The number of imide groups is 1. The summed E-state index contributed by atoms with van der Waals surface area (Å²) in [5, 5.41) is 11.1. The Morgan fingerprint density at radius 1 is 1.29 bits per heavy atom. The maximum Gasteiger partial charge on any atom is 0.325 e. The number of carboxylic acids is 1. The summed E-state index contributed by atoms with van der Waals surface area (Å²) in [7, 11) is 1.26. The molecule has 0 bridgehead atoms. The summed E-state index contributed by atoms with van der Waals surface area (Å²) in [6.07, 6.45) is 0. The quantitative estimate of drug-likeness (QED) is 0.743. The molecule has 8 nitrogen and oxygen atoms in total. The van der Waals surface area contributed by atoms with E-state index in [2.05, 4.69) is 5.32 Å². The summed E-state index contributed by atoms with van der Waals surface area (Å²) in [6.45, 7) is 0.328. The zero-order valence-corrected chi connectivity index (χ0v) is 13.1. The van der Waals surface area contributed by atoms with Gasteiger partial charge >= 0.3 is 12.0 Å². The van der Waals surface area contributed by atoms with Crippen LogP contribution in [0.3, 0.4) is 0 Å². The molecule has 2 N–H and O–H groups in total. The Hall–Kier alpha value is -2.97. The van der Waals surface area contributed by atoms with Crippen LogP contribution in [0.15, 0.2) is 24.3 Å². The van der Waals surface area contributed by atoms with Crippen molar-refractivity contribution >= 4 is 23.8 Å². The molecule has 128 valence electrons. The maximum atomic E-state index is 13.0. The van der Waals surface area contributed by atoms with E-state index in [9.17, 15) is 23.6 Å². The number of hydrogen-bond acceptors (Lipinski definition) is 4. The number of carbonyl (C=O) groups excluding carboxylic acids is 3. The highest BCUT2D eigenvalue weighted by Gasteiger charge is 2.49. The number of nitrogens with zero attached hydrogens (tertiary/aromatic N) is 2. The number of benzene rings is 1. The van der Waals surface area contributed by atoms with E-state index in [1.165, 1.54) is 26.1 Å². The zero-order valence-electron chi connectivity index (χ0n) is 13.1. The minimum atomic E-state index is -1.42. The first kappa shape index (κ1) is 17.4. The molecule has 24 heavy (non-hydrogen) atoms. The number of aliphatic carboxylic acids is 1. The Bertz CT molecular complexity index is 706. The molecule has 2 rings (SSSR count). The molecule has 1 aromatic rings. The Morgan fingerprint density at radius 3 is 2.42 bits per heavy atom. The number of urea groups is 1. The Balaban J connectivity index is 2.18. The third-order valence-corrected chi connectivity index (χ3v) is 3.79. The fraction of sp³-hybridized carbons (Fsp3) is 0.333. The lowest BCUT2D eigenvalue weighted by molar-refractivity contribution is -0.144. The molecule has 1 fully saturated rings. The first-order valence-electron chi connectivity index (χ1n) is 7.01. The van der Waals surface area contributed by atoms with Crippen LogP contribution in [0.2, 0.25) is 0 Å². The van der Waals surface area contributed by atoms with Gasteiger partial charge in [0.1, 0.15) is 24.4 Å². The molecule has 4 amide bonds. The maximum absolute atomic E-state index is 13.0. The molecule has 1 saturated heterocycles. The van der Waals surface area contributed by atoms with Gasteiger partial charge in [-0.15, -0.1) is 0 Å². The smallest absolute Gasteiger partial charge is 0.325 e. The van der Waals surface area contributed by atoms with Gasteiger partial charge in [-0.2, -0.15) is 0 Å². The van der Waals surface area contributed by atoms with E-state index in [-0.39, 0.29) is 0 Å². The Kier molecular flexibility index (Phi) is 4.54. The number of hydrogen-bond donors (Lipinski definition) is 2. The van der Waals surface area contributed by atoms with Crippen molar-refractivity contribution in [2.24, 2.45) is 0 Å². The van der Waals surface area contributed by atoms with Crippen molar-refractivity contribution < 1.29 is 28.7 Å². The monoisotopic (exact) mass is 337 g/mol. The van der Waals surface area contributed by atoms with E-state index < -0.39 is 48.3 Å². The molecule has 1 aliphatic heterocycles. The van der Waals surface area contributed by atoms with Gasteiger partial charge in [0, 0.05) is 7.05 Å². The number of rotatable bonds is 5. The molecule has 1 atom stereocenters. The van der Waals surface area contributed by atoms with E-state index in [0.717, 1.165) is 17.0 Å². The minimum absolute atomic E-state index is 0.371. The van der Waals surface area contributed by atoms with Crippen LogP contribution in [0.4, 0.5) is 9.18 Å². The molecule has 0 aliphatic carbocycles. The molecule has 1 heterocycles. The average Bonchev–Trinajstić information content (AvgIpc) is 2.71. The van der Waals surface area contributed by atoms with Crippen molar-refractivity contribution in [3.8, 4) is 0 Å². The third kappa shape index (κ3) is 3.19. The lowest BCUT2D eigenvalue weighted by Gasteiger charge is -2.23. The highest BCUT2D eigenvalue weighted by molar-refractivity contribution is 6.09. The molecule has 0 saturated carbocycles. The first-order chi connectivity index (χ1) is 11.1. The van der Waals surface area contributed by atoms with Crippen LogP contribution in [0.1, 0.15) is 12.5 Å². The fourth-order valence-electron chi connectivity index (χ4n) is 2.37. The molecule has 1 unspecified atom stereocenters. The largest absolute Gasteiger partial charge is 0.480 e. The summed E-state index contributed by atoms with van der Waals surface area (Å²) < 4.78 is 13.0. The van der Waals surface area contributed by atoms with Gasteiger partial charge in [-0.1, -0.05) is 12.1 Å². The number of likely N-dealkylation sites (N-methyl/N-ethyl adjacent to an activating group) is 1. The van der Waals surface area contributed by atoms with Gasteiger partial charge in [0.25, 0.3) is 5.91 Å². The van der Waals surface area contributed by atoms with Gasteiger partial charge in [0.2, 0.25) is 5.91 Å². The second-order valence-electron chi connectivity index (χ2n) is 5.60. The van der Waals surface area contributed by atoms with Gasteiger partial charge in [0.15, 0.2) is 0 Å². The minimum Gasteiger partial charge on any atom is -0.480 e. The van der Waals surface area contributed by atoms with Crippen molar-refractivity contribution in [2.45, 2.75) is 12.5 Å². The number of halogens is 1. The summed E-state index contributed by atoms with van der Waals surface area (Å²) in [6, 6.07) is 4.29. The van der Waals surface area contributed by atoms with Gasteiger partial charge < -0.3 is 15.3 Å². The molecule has 1 aliphatic rings. The number of nitrogens with one attached hydrogen (secondary N) is 1. The first-order valence-corrected chi connectivity index (χ1v) is 7.01. The van der Waals surface area contributed by atoms with Crippen molar-refractivity contribution in [3.63, 3.8) is 0 Å². The van der Waals surface area contributed by atoms with Crippen molar-refractivity contribution in [1.29, 1.82) is 0 Å². The summed E-state index contributed by atoms with van der Waals surface area (Å²) >= 11 is 0. The second-order valence-corrected chi connectivity index (χ2v) is 5.60. The normalized spacial score (nSPS) is 20.0. The fourth-order valence-corrected chi connectivity index (χ4v) is 2.37. The van der Waals surface area contributed by atoms with Gasteiger partial charge in [-0.3, -0.25) is 19.3 Å². The highest BCUT2D eigenvalue weighted by atomic mass is 19.1. The topological polar surface area (TPSA) is 107 Å². The van der Waals surface area contributed by atoms with E-state index in [0.29, 0.717) is 10.5 Å². The Labute approximate surface area is 136 Å². The van der Waals surface area contributed by atoms with Gasteiger partial charge in [-0.25, -0.2) is 9.18 Å². The van der Waals surface area contributed by atoms with E-state index in [1.807, 2.05) is 0 Å². The highest BCUT2D eigenvalue weighted by Crippen LogP contribution is 2.28. The SMILES string of the molecule is CN(CC(=O)O)C(=O)CN1C(=O)NC(C)(c2ccc(F)cc2)C1=O. The summed E-state index contributed by atoms with van der Waals surface area (Å²) in [4.78, 5) is 48.8. The third-order valence-electron chi connectivity index (χ3n) is 3.79. The molecule has 1 aromatic carbocycles. The van der Waals surface area contributed by atoms with E-state index >= 15 is 0 Å². The lowest BCUT2D eigenvalue weighted by Crippen LogP contribution is -2.44. The predicted molar refractivity (Wildman–Crippen MR) is 79.3 cm³/mol. The van der Waals surface area contributed by atoms with Crippen molar-refractivity contribution in [1.82, 2.24) is 15.1 Å². The van der Waals surface area contributed by atoms with Crippen LogP contribution >= 0.6 is 0 Å². The van der Waals surface area contributed by atoms with Crippen LogP contribution in [0.5, 0.6) is 0 Å². The molecule has 0 aromatic heterocycles. The standard InChI is InChI=1S/C15H16FN3O5/c1-15(9-3-5-10(16)6-4-9)13(23)19(14(24)17-15)7-11(20)18(2)8-12(21)22/h3-6H,7-8H2,1-2H3,(H,17,24)(H,21,22).